The lowest BCUT2D eigenvalue weighted by molar-refractivity contribution is 0.0694. The minimum Gasteiger partial charge on any atom is -0.477 e. The van der Waals surface area contributed by atoms with Crippen molar-refractivity contribution in [3.63, 3.8) is 0 Å². The molecule has 158 valence electrons. The highest BCUT2D eigenvalue weighted by molar-refractivity contribution is 6.30. The maximum absolute atomic E-state index is 14.8. The molecule has 1 aromatic carbocycles. The number of rotatable bonds is 6. The normalized spacial score (nSPS) is 12.5. The van der Waals surface area contributed by atoms with E-state index in [0.717, 1.165) is 6.20 Å². The number of nitrogens with zero attached hydrogens (tertiary/aromatic N) is 2. The molecule has 0 saturated carbocycles. The molecule has 0 aliphatic heterocycles. The van der Waals surface area contributed by atoms with Crippen molar-refractivity contribution < 1.29 is 23.8 Å². The summed E-state index contributed by atoms with van der Waals surface area (Å²) in [6, 6.07) is 4.84. The van der Waals surface area contributed by atoms with Crippen molar-refractivity contribution in [1.29, 1.82) is 0 Å². The molecule has 0 amide bonds. The molecule has 3 rings (SSSR count). The summed E-state index contributed by atoms with van der Waals surface area (Å²) in [6.45, 7) is 3.21. The second-order valence-corrected chi connectivity index (χ2v) is 7.68. The summed E-state index contributed by atoms with van der Waals surface area (Å²) in [4.78, 5) is 28.2. The van der Waals surface area contributed by atoms with Gasteiger partial charge in [-0.05, 0) is 23.6 Å². The Morgan fingerprint density at radius 3 is 2.57 bits per heavy atom. The van der Waals surface area contributed by atoms with Gasteiger partial charge in [0.1, 0.15) is 17.0 Å². The molecular weight excluding hydrogens is 418 g/mol. The van der Waals surface area contributed by atoms with Crippen molar-refractivity contribution in [3.05, 3.63) is 74.2 Å². The molecule has 0 fully saturated rings. The minimum absolute atomic E-state index is 0.0834. The molecule has 30 heavy (non-hydrogen) atoms. The lowest BCUT2D eigenvalue weighted by Crippen LogP contribution is -2.26. The largest absolute Gasteiger partial charge is 0.477 e. The van der Waals surface area contributed by atoms with E-state index < -0.39 is 34.8 Å². The first-order valence-electron chi connectivity index (χ1n) is 9.17. The van der Waals surface area contributed by atoms with E-state index in [1.54, 1.807) is 13.8 Å². The number of aliphatic hydroxyl groups excluding tert-OH is 1. The van der Waals surface area contributed by atoms with Gasteiger partial charge in [-0.2, -0.15) is 4.39 Å². The summed E-state index contributed by atoms with van der Waals surface area (Å²) in [6.07, 6.45) is 0.835. The predicted molar refractivity (Wildman–Crippen MR) is 108 cm³/mol. The van der Waals surface area contributed by atoms with E-state index in [9.17, 15) is 28.6 Å². The fourth-order valence-electron chi connectivity index (χ4n) is 3.33. The van der Waals surface area contributed by atoms with Crippen molar-refractivity contribution in [2.75, 3.05) is 6.61 Å². The Morgan fingerprint density at radius 2 is 1.97 bits per heavy atom. The summed E-state index contributed by atoms with van der Waals surface area (Å²) in [5.74, 6) is -3.26. The zero-order chi connectivity index (χ0) is 22.2. The van der Waals surface area contributed by atoms with Crippen LogP contribution in [0.2, 0.25) is 5.02 Å². The maximum atomic E-state index is 14.8. The smallest absolute Gasteiger partial charge is 0.341 e. The molecule has 0 aliphatic carbocycles. The summed E-state index contributed by atoms with van der Waals surface area (Å²) < 4.78 is 30.4. The Morgan fingerprint density at radius 1 is 1.27 bits per heavy atom. The summed E-state index contributed by atoms with van der Waals surface area (Å²) >= 11 is 5.77. The molecule has 0 radical (unpaired) electrons. The summed E-state index contributed by atoms with van der Waals surface area (Å²) in [7, 11) is 0. The quantitative estimate of drug-likeness (QED) is 0.573. The topological polar surface area (TPSA) is 92.4 Å². The number of carboxylic acids is 1. The lowest BCUT2D eigenvalue weighted by atomic mass is 10.0. The van der Waals surface area contributed by atoms with Gasteiger partial charge in [-0.1, -0.05) is 37.6 Å². The van der Waals surface area contributed by atoms with Crippen LogP contribution in [0.5, 0.6) is 0 Å². The van der Waals surface area contributed by atoms with Crippen LogP contribution in [0.3, 0.4) is 0 Å². The van der Waals surface area contributed by atoms with Gasteiger partial charge in [-0.25, -0.2) is 14.2 Å². The Balaban J connectivity index is 2.28. The Labute approximate surface area is 175 Å². The second kappa shape index (κ2) is 8.49. The van der Waals surface area contributed by atoms with Gasteiger partial charge in [0.15, 0.2) is 0 Å². The van der Waals surface area contributed by atoms with Gasteiger partial charge in [0.25, 0.3) is 0 Å². The fourth-order valence-corrected chi connectivity index (χ4v) is 3.52. The average molecular weight is 437 g/mol. The molecule has 0 bridgehead atoms. The first-order valence-corrected chi connectivity index (χ1v) is 9.54. The van der Waals surface area contributed by atoms with E-state index in [1.807, 2.05) is 0 Å². The van der Waals surface area contributed by atoms with Gasteiger partial charge in [0.05, 0.1) is 23.1 Å². The first-order chi connectivity index (χ1) is 14.1. The van der Waals surface area contributed by atoms with E-state index in [0.29, 0.717) is 0 Å². The highest BCUT2D eigenvalue weighted by atomic mass is 35.5. The fraction of sp³-hybridized carbons (Fsp3) is 0.286. The van der Waals surface area contributed by atoms with E-state index in [2.05, 4.69) is 4.98 Å². The Hall–Kier alpha value is -2.84. The summed E-state index contributed by atoms with van der Waals surface area (Å²) in [5.41, 5.74) is -1.44. The van der Waals surface area contributed by atoms with E-state index in [1.165, 1.54) is 28.8 Å². The lowest BCUT2D eigenvalue weighted by Gasteiger charge is -2.24. The van der Waals surface area contributed by atoms with Gasteiger partial charge in [0.2, 0.25) is 11.4 Å². The van der Waals surface area contributed by atoms with Crippen LogP contribution >= 0.6 is 11.6 Å². The van der Waals surface area contributed by atoms with Crippen molar-refractivity contribution in [2.24, 2.45) is 5.92 Å². The van der Waals surface area contributed by atoms with Gasteiger partial charge in [0, 0.05) is 18.2 Å². The molecule has 2 N–H and O–H groups in total. The van der Waals surface area contributed by atoms with Crippen LogP contribution in [0, 0.1) is 17.7 Å². The van der Waals surface area contributed by atoms with Gasteiger partial charge >= 0.3 is 5.97 Å². The minimum atomic E-state index is -1.46. The number of carbonyl (C=O) groups is 1. The third kappa shape index (κ3) is 3.93. The van der Waals surface area contributed by atoms with Crippen molar-refractivity contribution in [3.8, 4) is 0 Å². The molecule has 2 aromatic heterocycles. The van der Waals surface area contributed by atoms with Crippen LogP contribution in [0.1, 0.15) is 41.4 Å². The van der Waals surface area contributed by atoms with Crippen molar-refractivity contribution in [1.82, 2.24) is 9.55 Å². The van der Waals surface area contributed by atoms with E-state index >= 15 is 0 Å². The van der Waals surface area contributed by atoms with Crippen LogP contribution in [-0.2, 0) is 6.42 Å². The van der Waals surface area contributed by atoms with E-state index in [4.69, 9.17) is 11.6 Å². The maximum Gasteiger partial charge on any atom is 0.341 e. The predicted octanol–water partition coefficient (Wildman–Crippen LogP) is 3.81. The number of halogens is 3. The number of hydrogen-bond donors (Lipinski definition) is 2. The number of aliphatic hydroxyl groups is 1. The summed E-state index contributed by atoms with van der Waals surface area (Å²) in [5, 5.41) is 18.9. The van der Waals surface area contributed by atoms with Crippen LogP contribution in [-0.4, -0.2) is 32.3 Å². The third-order valence-corrected chi connectivity index (χ3v) is 5.28. The van der Waals surface area contributed by atoms with Gasteiger partial charge in [-0.3, -0.25) is 4.79 Å². The number of carboxylic acid groups (broad SMARTS) is 1. The van der Waals surface area contributed by atoms with Crippen LogP contribution < -0.4 is 5.43 Å². The molecule has 3 aromatic rings. The first kappa shape index (κ1) is 21.9. The molecule has 0 spiro atoms. The molecule has 0 aliphatic rings. The van der Waals surface area contributed by atoms with Crippen molar-refractivity contribution in [2.45, 2.75) is 26.3 Å². The monoisotopic (exact) mass is 436 g/mol. The average Bonchev–Trinajstić information content (AvgIpc) is 2.68. The zero-order valence-electron chi connectivity index (χ0n) is 16.2. The van der Waals surface area contributed by atoms with Crippen LogP contribution in [0.15, 0.2) is 35.3 Å². The highest BCUT2D eigenvalue weighted by Crippen LogP contribution is 2.26. The Bertz CT molecular complexity index is 1190. The van der Waals surface area contributed by atoms with Crippen molar-refractivity contribution >= 4 is 28.6 Å². The SMILES string of the molecule is CC(C)[C@@H](CO)n1cc(C(=O)O)c(=O)c2cc(Cc3cccc(Cl)c3F)c(F)nc21. The van der Waals surface area contributed by atoms with E-state index in [-0.39, 0.29) is 46.1 Å². The molecule has 0 unspecified atom stereocenters. The molecular formula is C21H19ClF2N2O4. The number of fused-ring (bicyclic) bond motifs is 1. The molecule has 1 atom stereocenters. The van der Waals surface area contributed by atoms with Crippen LogP contribution in [0.4, 0.5) is 8.78 Å². The molecule has 0 saturated heterocycles. The van der Waals surface area contributed by atoms with Gasteiger partial charge < -0.3 is 14.8 Å². The third-order valence-electron chi connectivity index (χ3n) is 4.99. The molecule has 6 nitrogen and oxygen atoms in total. The number of hydrogen-bond acceptors (Lipinski definition) is 4. The number of pyridine rings is 2. The molecule has 2 heterocycles. The number of benzene rings is 1. The highest BCUT2D eigenvalue weighted by Gasteiger charge is 2.23. The number of aromatic carboxylic acids is 1. The number of aromatic nitrogens is 2. The Kier molecular flexibility index (Phi) is 6.19. The van der Waals surface area contributed by atoms with Gasteiger partial charge in [-0.15, -0.1) is 0 Å². The molecule has 9 heteroatoms. The zero-order valence-corrected chi connectivity index (χ0v) is 17.0. The second-order valence-electron chi connectivity index (χ2n) is 7.28. The standard InChI is InChI=1S/C21H19ClF2N2O4/c1-10(2)16(9-27)26-8-14(21(29)30)18(28)13-7-12(19(24)25-20(13)26)6-11-4-3-5-15(22)17(11)23/h3-5,7-8,10,16,27H,6,9H2,1-2H3,(H,29,30)/t16-/m1/s1. The van der Waals surface area contributed by atoms with Crippen LogP contribution in [0.25, 0.3) is 11.0 Å².